The zero-order chi connectivity index (χ0) is 23.9. The number of unbranched alkanes of at least 4 members (excludes halogenated alkanes) is 2. The number of nitrogens with zero attached hydrogens (tertiary/aromatic N) is 1. The fourth-order valence-electron chi connectivity index (χ4n) is 4.06. The van der Waals surface area contributed by atoms with Gasteiger partial charge in [-0.2, -0.15) is 0 Å². The summed E-state index contributed by atoms with van der Waals surface area (Å²) in [6, 6.07) is 15.6. The highest BCUT2D eigenvalue weighted by Crippen LogP contribution is 2.29. The van der Waals surface area contributed by atoms with Crippen LogP contribution in [-0.2, 0) is 16.0 Å². The van der Waals surface area contributed by atoms with Crippen LogP contribution in [0, 0.1) is 0 Å². The summed E-state index contributed by atoms with van der Waals surface area (Å²) in [5.41, 5.74) is 2.95. The van der Waals surface area contributed by atoms with Crippen molar-refractivity contribution in [2.24, 2.45) is 0 Å². The number of nitrogens with one attached hydrogen (secondary N) is 2. The van der Waals surface area contributed by atoms with Crippen LogP contribution in [0.15, 0.2) is 60.1 Å². The van der Waals surface area contributed by atoms with E-state index in [-0.39, 0.29) is 24.2 Å². The number of ketones is 1. The third-order valence-corrected chi connectivity index (χ3v) is 7.08. The van der Waals surface area contributed by atoms with Gasteiger partial charge in [-0.1, -0.05) is 54.8 Å². The SMILES string of the molecule is CC(=O)CCCCC[C@H](NC(=O)Cc1csc2ccc(Cl)cc12)C1=[N+]C=C(c2ccccc2)N1. The number of carbonyl (C=O) groups excluding carboxylic acids is 2. The van der Waals surface area contributed by atoms with E-state index in [0.29, 0.717) is 11.4 Å². The predicted molar refractivity (Wildman–Crippen MR) is 141 cm³/mol. The van der Waals surface area contributed by atoms with E-state index in [4.69, 9.17) is 11.6 Å². The van der Waals surface area contributed by atoms with E-state index in [9.17, 15) is 9.59 Å². The van der Waals surface area contributed by atoms with Crippen LogP contribution in [0.2, 0.25) is 5.02 Å². The summed E-state index contributed by atoms with van der Waals surface area (Å²) in [6.07, 6.45) is 6.15. The Morgan fingerprint density at radius 1 is 1.12 bits per heavy atom. The van der Waals surface area contributed by atoms with Gasteiger partial charge in [-0.15, -0.1) is 11.3 Å². The molecule has 0 saturated heterocycles. The third kappa shape index (κ3) is 6.33. The highest BCUT2D eigenvalue weighted by molar-refractivity contribution is 7.17. The molecule has 175 valence electrons. The number of halogens is 1. The Morgan fingerprint density at radius 3 is 2.74 bits per heavy atom. The lowest BCUT2D eigenvalue weighted by Gasteiger charge is -2.15. The van der Waals surface area contributed by atoms with Crippen LogP contribution in [0.3, 0.4) is 0 Å². The molecule has 2 aromatic carbocycles. The molecule has 0 bridgehead atoms. The van der Waals surface area contributed by atoms with Gasteiger partial charge in [0.05, 0.1) is 6.42 Å². The minimum atomic E-state index is -0.226. The molecule has 1 radical (unpaired) electrons. The first-order valence-corrected chi connectivity index (χ1v) is 12.8. The van der Waals surface area contributed by atoms with Crippen LogP contribution < -0.4 is 15.6 Å². The highest BCUT2D eigenvalue weighted by Gasteiger charge is 2.31. The number of amidine groups is 1. The van der Waals surface area contributed by atoms with Gasteiger partial charge in [-0.05, 0) is 59.3 Å². The molecule has 7 heteroatoms. The lowest BCUT2D eigenvalue weighted by atomic mass is 10.0. The fourth-order valence-corrected chi connectivity index (χ4v) is 5.18. The molecule has 1 aromatic heterocycles. The molecule has 4 rings (SSSR count). The van der Waals surface area contributed by atoms with E-state index in [1.54, 1.807) is 18.3 Å². The van der Waals surface area contributed by atoms with Gasteiger partial charge >= 0.3 is 5.84 Å². The van der Waals surface area contributed by atoms with Gasteiger partial charge < -0.3 is 10.1 Å². The van der Waals surface area contributed by atoms with Crippen LogP contribution >= 0.6 is 22.9 Å². The van der Waals surface area contributed by atoms with Crippen LogP contribution in [0.25, 0.3) is 15.8 Å². The largest absolute Gasteiger partial charge is 0.342 e. The molecule has 0 saturated carbocycles. The Balaban J connectivity index is 1.41. The van der Waals surface area contributed by atoms with E-state index in [1.165, 1.54) is 0 Å². The van der Waals surface area contributed by atoms with Gasteiger partial charge in [-0.25, -0.2) is 5.32 Å². The number of Topliss-reactive ketones (excluding diaryl/α,β-unsaturated/α-hetero) is 1. The molecule has 3 aromatic rings. The molecule has 1 atom stereocenters. The van der Waals surface area contributed by atoms with E-state index < -0.39 is 0 Å². The first-order valence-electron chi connectivity index (χ1n) is 11.5. The number of benzene rings is 2. The maximum Gasteiger partial charge on any atom is 0.319 e. The number of rotatable bonds is 11. The Hall–Kier alpha value is -2.96. The average Bonchev–Trinajstić information content (AvgIpc) is 3.46. The number of hydrogen-bond acceptors (Lipinski definition) is 5. The summed E-state index contributed by atoms with van der Waals surface area (Å²) in [5.74, 6) is 0.912. The molecule has 1 aliphatic rings. The molecule has 0 spiro atoms. The minimum Gasteiger partial charge on any atom is -0.342 e. The molecule has 2 heterocycles. The predicted octanol–water partition coefficient (Wildman–Crippen LogP) is 5.46. The lowest BCUT2D eigenvalue weighted by Crippen LogP contribution is -2.47. The van der Waals surface area contributed by atoms with Crippen molar-refractivity contribution >= 4 is 56.2 Å². The number of thiophene rings is 1. The molecule has 1 amide bonds. The molecule has 0 unspecified atom stereocenters. The Kier molecular flexibility index (Phi) is 8.14. The number of aliphatic imine (C=N–C) groups is 1. The van der Waals surface area contributed by atoms with Crippen LogP contribution in [0.4, 0.5) is 0 Å². The van der Waals surface area contributed by atoms with Crippen LogP contribution in [0.1, 0.15) is 50.2 Å². The minimum absolute atomic E-state index is 0.0499. The van der Waals surface area contributed by atoms with Crippen molar-refractivity contribution in [3.8, 4) is 0 Å². The first kappa shape index (κ1) is 24.2. The van der Waals surface area contributed by atoms with E-state index >= 15 is 0 Å². The monoisotopic (exact) mass is 493 g/mol. The number of carbonyl (C=O) groups is 2. The van der Waals surface area contributed by atoms with Crippen molar-refractivity contribution < 1.29 is 9.59 Å². The van der Waals surface area contributed by atoms with Crippen LogP contribution in [-0.4, -0.2) is 23.6 Å². The van der Waals surface area contributed by atoms with E-state index in [2.05, 4.69) is 15.6 Å². The van der Waals surface area contributed by atoms with Gasteiger partial charge in [0.25, 0.3) is 0 Å². The van der Waals surface area contributed by atoms with E-state index in [1.807, 2.05) is 60.1 Å². The normalized spacial score (nSPS) is 13.8. The molecule has 34 heavy (non-hydrogen) atoms. The standard InChI is InChI=1S/C27H28ClN3O2S/c1-18(32)8-4-2-7-11-23(27-29-16-24(31-27)19-9-5-3-6-10-19)30-26(33)14-20-17-34-25-13-12-21(28)15-22(20)25/h3,5-6,9-10,12-13,15-17,23,31H,2,4,7-8,11,14H2,1H3,(H,30,33)/q+1/t23-/m0/s1. The maximum absolute atomic E-state index is 13.1. The third-order valence-electron chi connectivity index (χ3n) is 5.83. The summed E-state index contributed by atoms with van der Waals surface area (Å²) < 4.78 is 1.12. The molecule has 0 fully saturated rings. The summed E-state index contributed by atoms with van der Waals surface area (Å²) in [4.78, 5) is 28.9. The van der Waals surface area contributed by atoms with Gasteiger partial charge in [-0.3, -0.25) is 4.79 Å². The number of fused-ring (bicyclic) bond motifs is 1. The van der Waals surface area contributed by atoms with Gasteiger partial charge in [0.1, 0.15) is 11.8 Å². The zero-order valence-corrected chi connectivity index (χ0v) is 20.7. The van der Waals surface area contributed by atoms with Crippen molar-refractivity contribution in [3.63, 3.8) is 0 Å². The van der Waals surface area contributed by atoms with Crippen molar-refractivity contribution in [1.82, 2.24) is 15.6 Å². The summed E-state index contributed by atoms with van der Waals surface area (Å²) in [6.45, 7) is 1.62. The van der Waals surface area contributed by atoms with Crippen molar-refractivity contribution in [3.05, 3.63) is 76.3 Å². The van der Waals surface area contributed by atoms with Crippen molar-refractivity contribution in [2.45, 2.75) is 51.5 Å². The Labute approximate surface area is 208 Å². The molecule has 0 aliphatic carbocycles. The fraction of sp³-hybridized carbons (Fsp3) is 0.296. The first-order chi connectivity index (χ1) is 16.5. The highest BCUT2D eigenvalue weighted by atomic mass is 35.5. The van der Waals surface area contributed by atoms with Crippen LogP contribution in [0.5, 0.6) is 0 Å². The van der Waals surface area contributed by atoms with Crippen molar-refractivity contribution in [2.75, 3.05) is 0 Å². The molecular weight excluding hydrogens is 466 g/mol. The number of amides is 1. The molecule has 5 nitrogen and oxygen atoms in total. The quantitative estimate of drug-likeness (QED) is 0.348. The average molecular weight is 494 g/mol. The molecule has 2 N–H and O–H groups in total. The molecular formula is C27H28ClN3O2S+. The second kappa shape index (κ2) is 11.4. The second-order valence-corrected chi connectivity index (χ2v) is 9.90. The lowest BCUT2D eigenvalue weighted by molar-refractivity contribution is -0.120. The van der Waals surface area contributed by atoms with E-state index in [0.717, 1.165) is 58.4 Å². The van der Waals surface area contributed by atoms with Gasteiger partial charge in [0.15, 0.2) is 11.9 Å². The summed E-state index contributed by atoms with van der Waals surface area (Å²) >= 11 is 7.79. The smallest absolute Gasteiger partial charge is 0.319 e. The summed E-state index contributed by atoms with van der Waals surface area (Å²) in [7, 11) is 0. The number of hydrogen-bond donors (Lipinski definition) is 2. The summed E-state index contributed by atoms with van der Waals surface area (Å²) in [5, 5.41) is 10.3. The molecule has 1 aliphatic heterocycles. The maximum atomic E-state index is 13.1. The van der Waals surface area contributed by atoms with Gasteiger partial charge in [0.2, 0.25) is 5.91 Å². The Morgan fingerprint density at radius 2 is 1.94 bits per heavy atom. The van der Waals surface area contributed by atoms with Crippen molar-refractivity contribution in [1.29, 1.82) is 0 Å². The Bertz CT molecular complexity index is 1230. The topological polar surface area (TPSA) is 72.3 Å². The van der Waals surface area contributed by atoms with Gasteiger partial charge in [0, 0.05) is 21.7 Å². The zero-order valence-electron chi connectivity index (χ0n) is 19.1. The second-order valence-electron chi connectivity index (χ2n) is 8.55.